The second-order valence-corrected chi connectivity index (χ2v) is 7.89. The largest absolute Gasteiger partial charge is 0.393 e. The fourth-order valence-corrected chi connectivity index (χ4v) is 4.94. The molecule has 135 valence electrons. The standard InChI is InChI=1S/C20H26FN2O2/c21-17-4-1-2-5-18(17)22-12-3-10-20(14-22)11-13-23(19(20)25)15-6-8-16(24)9-7-15/h2,4-5,15-16,24H,3,6-14H2/t15-,16-,20?. The smallest absolute Gasteiger partial charge is 0.230 e. The normalized spacial score (nSPS) is 33.3. The minimum Gasteiger partial charge on any atom is -0.393 e. The van der Waals surface area contributed by atoms with Gasteiger partial charge in [-0.2, -0.15) is 0 Å². The number of rotatable bonds is 2. The summed E-state index contributed by atoms with van der Waals surface area (Å²) in [6.45, 7) is 2.21. The molecule has 0 aromatic heterocycles. The van der Waals surface area contributed by atoms with Crippen LogP contribution in [0.2, 0.25) is 0 Å². The SMILES string of the molecule is O=C1N([C@H]2CC[C@H](O)CC2)CCC12CCCN(c1cc[c]cc1F)C2. The van der Waals surface area contributed by atoms with Gasteiger partial charge in [0.2, 0.25) is 5.91 Å². The summed E-state index contributed by atoms with van der Waals surface area (Å²) in [6.07, 6.45) is 5.85. The van der Waals surface area contributed by atoms with Crippen molar-refractivity contribution in [2.45, 2.75) is 57.1 Å². The molecule has 4 nitrogen and oxygen atoms in total. The summed E-state index contributed by atoms with van der Waals surface area (Å²) in [7, 11) is 0. The van der Waals surface area contributed by atoms with Crippen LogP contribution in [0.3, 0.4) is 0 Å². The maximum Gasteiger partial charge on any atom is 0.230 e. The van der Waals surface area contributed by atoms with Gasteiger partial charge in [-0.25, -0.2) is 4.39 Å². The Morgan fingerprint density at radius 3 is 2.76 bits per heavy atom. The van der Waals surface area contributed by atoms with Gasteiger partial charge in [0.1, 0.15) is 5.82 Å². The molecule has 1 N–H and O–H groups in total. The Morgan fingerprint density at radius 1 is 1.20 bits per heavy atom. The molecule has 1 atom stereocenters. The van der Waals surface area contributed by atoms with Crippen LogP contribution in [0.5, 0.6) is 0 Å². The Labute approximate surface area is 148 Å². The lowest BCUT2D eigenvalue weighted by Crippen LogP contribution is -2.50. The van der Waals surface area contributed by atoms with Crippen molar-refractivity contribution in [1.82, 2.24) is 4.90 Å². The van der Waals surface area contributed by atoms with Gasteiger partial charge in [-0.15, -0.1) is 0 Å². The second-order valence-electron chi connectivity index (χ2n) is 7.89. The summed E-state index contributed by atoms with van der Waals surface area (Å²) in [5, 5.41) is 9.72. The Hall–Kier alpha value is -1.62. The highest BCUT2D eigenvalue weighted by Gasteiger charge is 2.50. The minimum atomic E-state index is -0.361. The van der Waals surface area contributed by atoms with Crippen molar-refractivity contribution >= 4 is 11.6 Å². The van der Waals surface area contributed by atoms with Crippen molar-refractivity contribution in [3.8, 4) is 0 Å². The van der Waals surface area contributed by atoms with E-state index in [-0.39, 0.29) is 29.3 Å². The van der Waals surface area contributed by atoms with Gasteiger partial charge in [-0.05, 0) is 63.1 Å². The number of aliphatic hydroxyl groups is 1. The van der Waals surface area contributed by atoms with Crippen LogP contribution < -0.4 is 4.90 Å². The summed E-state index contributed by atoms with van der Waals surface area (Å²) < 4.78 is 14.2. The fraction of sp³-hybridized carbons (Fsp3) is 0.650. The van der Waals surface area contributed by atoms with Crippen molar-refractivity contribution in [2.24, 2.45) is 5.41 Å². The van der Waals surface area contributed by atoms with Crippen LogP contribution in [-0.2, 0) is 4.79 Å². The van der Waals surface area contributed by atoms with Gasteiger partial charge in [0, 0.05) is 25.7 Å². The van der Waals surface area contributed by atoms with Crippen molar-refractivity contribution in [3.63, 3.8) is 0 Å². The number of carbonyl (C=O) groups excluding carboxylic acids is 1. The van der Waals surface area contributed by atoms with E-state index in [0.29, 0.717) is 12.2 Å². The van der Waals surface area contributed by atoms with E-state index >= 15 is 0 Å². The van der Waals surface area contributed by atoms with Crippen molar-refractivity contribution in [2.75, 3.05) is 24.5 Å². The van der Waals surface area contributed by atoms with E-state index in [4.69, 9.17) is 0 Å². The zero-order valence-electron chi connectivity index (χ0n) is 14.6. The number of nitrogens with zero attached hydrogens (tertiary/aromatic N) is 2. The molecule has 1 saturated carbocycles. The molecule has 1 spiro atoms. The number of hydrogen-bond donors (Lipinski definition) is 1. The predicted octanol–water partition coefficient (Wildman–Crippen LogP) is 2.75. The van der Waals surface area contributed by atoms with Gasteiger partial charge in [-0.3, -0.25) is 4.79 Å². The first-order chi connectivity index (χ1) is 12.1. The molecule has 1 unspecified atom stereocenters. The van der Waals surface area contributed by atoms with E-state index in [1.165, 1.54) is 6.07 Å². The van der Waals surface area contributed by atoms with E-state index in [1.807, 2.05) is 4.90 Å². The van der Waals surface area contributed by atoms with E-state index in [9.17, 15) is 14.3 Å². The number of benzene rings is 1. The van der Waals surface area contributed by atoms with Crippen LogP contribution in [0.25, 0.3) is 0 Å². The maximum absolute atomic E-state index is 14.2. The topological polar surface area (TPSA) is 43.8 Å². The number of hydrogen-bond acceptors (Lipinski definition) is 3. The highest BCUT2D eigenvalue weighted by molar-refractivity contribution is 5.86. The van der Waals surface area contributed by atoms with Gasteiger partial charge < -0.3 is 14.9 Å². The van der Waals surface area contributed by atoms with Gasteiger partial charge in [0.05, 0.1) is 17.2 Å². The van der Waals surface area contributed by atoms with Crippen LogP contribution in [-0.4, -0.2) is 47.7 Å². The third-order valence-electron chi connectivity index (χ3n) is 6.36. The van der Waals surface area contributed by atoms with Crippen LogP contribution in [0.1, 0.15) is 44.9 Å². The first-order valence-corrected chi connectivity index (χ1v) is 9.49. The Morgan fingerprint density at radius 2 is 2.00 bits per heavy atom. The number of piperidine rings is 1. The summed E-state index contributed by atoms with van der Waals surface area (Å²) in [5.41, 5.74) is 0.227. The zero-order valence-corrected chi connectivity index (χ0v) is 14.6. The molecule has 1 aromatic rings. The lowest BCUT2D eigenvalue weighted by atomic mass is 9.78. The molecular formula is C20H26FN2O2. The third-order valence-corrected chi connectivity index (χ3v) is 6.36. The third kappa shape index (κ3) is 3.03. The highest BCUT2D eigenvalue weighted by atomic mass is 19.1. The van der Waals surface area contributed by atoms with Crippen LogP contribution in [0.15, 0.2) is 18.2 Å². The molecule has 1 radical (unpaired) electrons. The lowest BCUT2D eigenvalue weighted by molar-refractivity contribution is -0.139. The van der Waals surface area contributed by atoms with E-state index in [2.05, 4.69) is 11.0 Å². The van der Waals surface area contributed by atoms with Gasteiger partial charge in [0.15, 0.2) is 0 Å². The minimum absolute atomic E-state index is 0.203. The molecule has 3 fully saturated rings. The molecule has 2 aliphatic heterocycles. The molecule has 4 rings (SSSR count). The Balaban J connectivity index is 1.50. The quantitative estimate of drug-likeness (QED) is 0.896. The molecular weight excluding hydrogens is 319 g/mol. The molecule has 2 heterocycles. The van der Waals surface area contributed by atoms with Crippen LogP contribution in [0.4, 0.5) is 10.1 Å². The van der Waals surface area contributed by atoms with Gasteiger partial charge >= 0.3 is 0 Å². The van der Waals surface area contributed by atoms with Crippen molar-refractivity contribution < 1.29 is 14.3 Å². The predicted molar refractivity (Wildman–Crippen MR) is 93.7 cm³/mol. The molecule has 1 amide bonds. The number of aliphatic hydroxyl groups excluding tert-OH is 1. The molecule has 0 bridgehead atoms. The van der Waals surface area contributed by atoms with E-state index in [0.717, 1.165) is 58.0 Å². The summed E-state index contributed by atoms with van der Waals surface area (Å²) in [4.78, 5) is 17.4. The first kappa shape index (κ1) is 16.8. The maximum atomic E-state index is 14.2. The van der Waals surface area contributed by atoms with Gasteiger partial charge in [0.25, 0.3) is 0 Å². The number of anilines is 1. The second kappa shape index (κ2) is 6.60. The average Bonchev–Trinajstić information content (AvgIpc) is 2.92. The Kier molecular flexibility index (Phi) is 4.44. The van der Waals surface area contributed by atoms with Crippen LogP contribution in [0, 0.1) is 17.3 Å². The monoisotopic (exact) mass is 345 g/mol. The zero-order chi connectivity index (χ0) is 17.4. The first-order valence-electron chi connectivity index (χ1n) is 9.49. The number of likely N-dealkylation sites (tertiary alicyclic amines) is 1. The van der Waals surface area contributed by atoms with Gasteiger partial charge in [-0.1, -0.05) is 6.07 Å². The lowest BCUT2D eigenvalue weighted by Gasteiger charge is -2.41. The molecule has 1 aliphatic carbocycles. The summed E-state index contributed by atoms with van der Waals surface area (Å²) >= 11 is 0. The summed E-state index contributed by atoms with van der Waals surface area (Å²) in [5.74, 6) is -0.00962. The molecule has 5 heteroatoms. The summed E-state index contributed by atoms with van der Waals surface area (Å²) in [6, 6.07) is 7.90. The molecule has 2 saturated heterocycles. The average molecular weight is 345 g/mol. The molecule has 1 aromatic carbocycles. The van der Waals surface area contributed by atoms with E-state index in [1.54, 1.807) is 12.1 Å². The number of carbonyl (C=O) groups is 1. The van der Waals surface area contributed by atoms with Crippen LogP contribution >= 0.6 is 0 Å². The highest BCUT2D eigenvalue weighted by Crippen LogP contribution is 2.43. The van der Waals surface area contributed by atoms with Crippen molar-refractivity contribution in [1.29, 1.82) is 0 Å². The number of halogens is 1. The van der Waals surface area contributed by atoms with E-state index < -0.39 is 0 Å². The van der Waals surface area contributed by atoms with Crippen molar-refractivity contribution in [3.05, 3.63) is 30.1 Å². The Bertz CT molecular complexity index is 644. The fourth-order valence-electron chi connectivity index (χ4n) is 4.94. The molecule has 3 aliphatic rings. The molecule has 25 heavy (non-hydrogen) atoms. The number of amides is 1.